The zero-order valence-corrected chi connectivity index (χ0v) is 11.9. The van der Waals surface area contributed by atoms with Crippen molar-refractivity contribution < 1.29 is 9.59 Å². The van der Waals surface area contributed by atoms with Crippen LogP contribution >= 0.6 is 0 Å². The van der Waals surface area contributed by atoms with Crippen LogP contribution in [0.5, 0.6) is 0 Å². The first-order chi connectivity index (χ1) is 9.72. The van der Waals surface area contributed by atoms with Gasteiger partial charge >= 0.3 is 0 Å². The van der Waals surface area contributed by atoms with Gasteiger partial charge in [0.2, 0.25) is 11.8 Å². The van der Waals surface area contributed by atoms with Crippen molar-refractivity contribution in [3.05, 3.63) is 35.9 Å². The van der Waals surface area contributed by atoms with Gasteiger partial charge in [0.15, 0.2) is 0 Å². The van der Waals surface area contributed by atoms with Crippen LogP contribution in [-0.4, -0.2) is 18.4 Å². The zero-order valence-electron chi connectivity index (χ0n) is 11.9. The van der Waals surface area contributed by atoms with Gasteiger partial charge < -0.3 is 10.6 Å². The molecule has 1 fully saturated rings. The van der Waals surface area contributed by atoms with Gasteiger partial charge in [-0.3, -0.25) is 9.59 Å². The Labute approximate surface area is 119 Å². The summed E-state index contributed by atoms with van der Waals surface area (Å²) in [6.45, 7) is 3.33. The van der Waals surface area contributed by atoms with Crippen LogP contribution in [0.3, 0.4) is 0 Å². The maximum Gasteiger partial charge on any atom is 0.224 e. The Morgan fingerprint density at radius 1 is 1.10 bits per heavy atom. The molecule has 108 valence electrons. The summed E-state index contributed by atoms with van der Waals surface area (Å²) in [7, 11) is 0. The molecule has 2 rings (SSSR count). The molecule has 0 saturated heterocycles. The summed E-state index contributed by atoms with van der Waals surface area (Å²) in [6.07, 6.45) is 2.73. The molecule has 4 heteroatoms. The van der Waals surface area contributed by atoms with Gasteiger partial charge in [-0.05, 0) is 18.4 Å². The second-order valence-electron chi connectivity index (χ2n) is 5.30. The van der Waals surface area contributed by atoms with E-state index in [1.807, 2.05) is 30.3 Å². The molecular formula is C16H22N2O2. The molecular weight excluding hydrogens is 252 g/mol. The molecule has 0 aliphatic heterocycles. The van der Waals surface area contributed by atoms with Crippen LogP contribution in [0.15, 0.2) is 30.3 Å². The van der Waals surface area contributed by atoms with Crippen LogP contribution in [0.4, 0.5) is 0 Å². The monoisotopic (exact) mass is 274 g/mol. The number of nitrogens with one attached hydrogen (secondary N) is 2. The topological polar surface area (TPSA) is 58.2 Å². The van der Waals surface area contributed by atoms with Gasteiger partial charge in [-0.2, -0.15) is 0 Å². The Morgan fingerprint density at radius 2 is 1.75 bits per heavy atom. The number of amides is 2. The van der Waals surface area contributed by atoms with E-state index < -0.39 is 0 Å². The third kappa shape index (κ3) is 4.08. The lowest BCUT2D eigenvalue weighted by atomic mass is 10.2. The second-order valence-corrected chi connectivity index (χ2v) is 5.30. The van der Waals surface area contributed by atoms with E-state index in [2.05, 4.69) is 17.6 Å². The molecule has 4 nitrogen and oxygen atoms in total. The molecule has 0 heterocycles. The lowest BCUT2D eigenvalue weighted by molar-refractivity contribution is -0.127. The number of unbranched alkanes of at least 4 members (excludes halogenated alkanes) is 1. The fourth-order valence-corrected chi connectivity index (χ4v) is 2.21. The lowest BCUT2D eigenvalue weighted by Gasteiger charge is -2.06. The SMILES string of the molecule is CCCCNC(=O)C1CC1C(=O)NCc1ccccc1. The zero-order chi connectivity index (χ0) is 14.4. The Balaban J connectivity index is 1.69. The fourth-order valence-electron chi connectivity index (χ4n) is 2.21. The van der Waals surface area contributed by atoms with Crippen molar-refractivity contribution in [1.29, 1.82) is 0 Å². The highest BCUT2D eigenvalue weighted by Crippen LogP contribution is 2.38. The van der Waals surface area contributed by atoms with E-state index in [9.17, 15) is 9.59 Å². The van der Waals surface area contributed by atoms with Crippen LogP contribution in [-0.2, 0) is 16.1 Å². The van der Waals surface area contributed by atoms with E-state index >= 15 is 0 Å². The number of hydrogen-bond acceptors (Lipinski definition) is 2. The molecule has 1 aliphatic carbocycles. The standard InChI is InChI=1S/C16H22N2O2/c1-2-3-9-17-15(19)13-10-14(13)16(20)18-11-12-7-5-4-6-8-12/h4-8,13-14H,2-3,9-11H2,1H3,(H,17,19)(H,18,20). The summed E-state index contributed by atoms with van der Waals surface area (Å²) in [5, 5.41) is 5.78. The molecule has 0 spiro atoms. The van der Waals surface area contributed by atoms with Crippen LogP contribution in [0, 0.1) is 11.8 Å². The summed E-state index contributed by atoms with van der Waals surface area (Å²) in [5.41, 5.74) is 1.07. The maximum atomic E-state index is 11.9. The Morgan fingerprint density at radius 3 is 2.40 bits per heavy atom. The third-order valence-electron chi connectivity index (χ3n) is 3.60. The number of benzene rings is 1. The quantitative estimate of drug-likeness (QED) is 0.746. The molecule has 2 N–H and O–H groups in total. The summed E-state index contributed by atoms with van der Waals surface area (Å²) < 4.78 is 0. The Kier molecular flexibility index (Phi) is 5.16. The van der Waals surface area contributed by atoms with Crippen molar-refractivity contribution in [3.63, 3.8) is 0 Å². The minimum Gasteiger partial charge on any atom is -0.356 e. The smallest absolute Gasteiger partial charge is 0.224 e. The van der Waals surface area contributed by atoms with E-state index in [0.717, 1.165) is 18.4 Å². The summed E-state index contributed by atoms with van der Waals surface area (Å²) >= 11 is 0. The molecule has 1 aromatic rings. The van der Waals surface area contributed by atoms with E-state index in [-0.39, 0.29) is 23.7 Å². The highest BCUT2D eigenvalue weighted by atomic mass is 16.2. The van der Waals surface area contributed by atoms with E-state index in [1.165, 1.54) is 0 Å². The van der Waals surface area contributed by atoms with Gasteiger partial charge in [0.05, 0.1) is 11.8 Å². The van der Waals surface area contributed by atoms with Crippen molar-refractivity contribution >= 4 is 11.8 Å². The van der Waals surface area contributed by atoms with Crippen LogP contribution in [0.25, 0.3) is 0 Å². The minimum atomic E-state index is -0.139. The number of rotatable bonds is 7. The van der Waals surface area contributed by atoms with Gasteiger partial charge in [-0.1, -0.05) is 43.7 Å². The lowest BCUT2D eigenvalue weighted by Crippen LogP contribution is -2.30. The molecule has 0 bridgehead atoms. The van der Waals surface area contributed by atoms with E-state index in [1.54, 1.807) is 0 Å². The molecule has 2 unspecified atom stereocenters. The molecule has 1 aromatic carbocycles. The highest BCUT2D eigenvalue weighted by Gasteiger charge is 2.47. The maximum absolute atomic E-state index is 11.9. The molecule has 1 saturated carbocycles. The van der Waals surface area contributed by atoms with Crippen LogP contribution in [0.2, 0.25) is 0 Å². The largest absolute Gasteiger partial charge is 0.356 e. The predicted molar refractivity (Wildman–Crippen MR) is 77.8 cm³/mol. The molecule has 0 radical (unpaired) electrons. The van der Waals surface area contributed by atoms with Crippen LogP contribution in [0.1, 0.15) is 31.7 Å². The first kappa shape index (κ1) is 14.6. The molecule has 1 aliphatic rings. The third-order valence-corrected chi connectivity index (χ3v) is 3.60. The van der Waals surface area contributed by atoms with Crippen LogP contribution < -0.4 is 10.6 Å². The average Bonchev–Trinajstić information content (AvgIpc) is 3.26. The number of hydrogen-bond donors (Lipinski definition) is 2. The first-order valence-electron chi connectivity index (χ1n) is 7.31. The molecule has 2 amide bonds. The van der Waals surface area contributed by atoms with E-state index in [4.69, 9.17) is 0 Å². The summed E-state index contributed by atoms with van der Waals surface area (Å²) in [5.74, 6) is -0.245. The number of carbonyl (C=O) groups is 2. The predicted octanol–water partition coefficient (Wildman–Crippen LogP) is 1.86. The summed E-state index contributed by atoms with van der Waals surface area (Å²) in [6, 6.07) is 9.79. The van der Waals surface area contributed by atoms with Crippen molar-refractivity contribution in [3.8, 4) is 0 Å². The first-order valence-corrected chi connectivity index (χ1v) is 7.31. The minimum absolute atomic E-state index is 0.00973. The normalized spacial score (nSPS) is 20.2. The summed E-state index contributed by atoms with van der Waals surface area (Å²) in [4.78, 5) is 23.7. The van der Waals surface area contributed by atoms with Gasteiger partial charge in [-0.25, -0.2) is 0 Å². The van der Waals surface area contributed by atoms with Crippen molar-refractivity contribution in [2.75, 3.05) is 6.54 Å². The van der Waals surface area contributed by atoms with E-state index in [0.29, 0.717) is 19.5 Å². The Hall–Kier alpha value is -1.84. The Bertz CT molecular complexity index is 459. The van der Waals surface area contributed by atoms with Gasteiger partial charge in [0, 0.05) is 13.1 Å². The number of carbonyl (C=O) groups excluding carboxylic acids is 2. The molecule has 2 atom stereocenters. The van der Waals surface area contributed by atoms with Gasteiger partial charge in [-0.15, -0.1) is 0 Å². The van der Waals surface area contributed by atoms with Crippen molar-refractivity contribution in [2.45, 2.75) is 32.7 Å². The van der Waals surface area contributed by atoms with Gasteiger partial charge in [0.25, 0.3) is 0 Å². The molecule has 20 heavy (non-hydrogen) atoms. The fraction of sp³-hybridized carbons (Fsp3) is 0.500. The van der Waals surface area contributed by atoms with Crippen molar-refractivity contribution in [2.24, 2.45) is 11.8 Å². The average molecular weight is 274 g/mol. The molecule has 0 aromatic heterocycles. The highest BCUT2D eigenvalue weighted by molar-refractivity contribution is 5.92. The van der Waals surface area contributed by atoms with Crippen molar-refractivity contribution in [1.82, 2.24) is 10.6 Å². The second kappa shape index (κ2) is 7.08. The van der Waals surface area contributed by atoms with Gasteiger partial charge in [0.1, 0.15) is 0 Å².